The van der Waals surface area contributed by atoms with E-state index < -0.39 is 0 Å². The van der Waals surface area contributed by atoms with Crippen LogP contribution in [0.15, 0.2) is 41.1 Å². The number of piperazine rings is 1. The lowest BCUT2D eigenvalue weighted by Gasteiger charge is -2.35. The number of hydrogen-bond acceptors (Lipinski definition) is 5. The number of carbonyl (C=O) groups is 2. The van der Waals surface area contributed by atoms with E-state index in [9.17, 15) is 9.59 Å². The smallest absolute Gasteiger partial charge is 0.289 e. The van der Waals surface area contributed by atoms with Gasteiger partial charge in [0, 0.05) is 32.6 Å². The average Bonchev–Trinajstić information content (AvgIpc) is 3.21. The van der Waals surface area contributed by atoms with Crippen LogP contribution in [0.25, 0.3) is 0 Å². The summed E-state index contributed by atoms with van der Waals surface area (Å²) < 4.78 is 5.18. The highest BCUT2D eigenvalue weighted by molar-refractivity contribution is 5.91. The molecule has 7 nitrogen and oxygen atoms in total. The molecule has 2 aromatic heterocycles. The van der Waals surface area contributed by atoms with Gasteiger partial charge in [-0.15, -0.1) is 0 Å². The third-order valence-corrected chi connectivity index (χ3v) is 4.41. The molecular formula is C19H24N4O3. The summed E-state index contributed by atoms with van der Waals surface area (Å²) in [5, 5.41) is 2.86. The number of nitrogens with zero attached hydrogens (tertiary/aromatic N) is 3. The normalized spacial score (nSPS) is 14.3. The maximum atomic E-state index is 12.3. The summed E-state index contributed by atoms with van der Waals surface area (Å²) in [7, 11) is 0. The molecule has 0 aliphatic carbocycles. The molecule has 0 bridgehead atoms. The van der Waals surface area contributed by atoms with Gasteiger partial charge in [-0.2, -0.15) is 0 Å². The minimum Gasteiger partial charge on any atom is -0.459 e. The van der Waals surface area contributed by atoms with Crippen molar-refractivity contribution in [3.8, 4) is 0 Å². The number of rotatable bonds is 6. The molecule has 2 aromatic rings. The lowest BCUT2D eigenvalue weighted by atomic mass is 10.2. The van der Waals surface area contributed by atoms with Gasteiger partial charge in [-0.25, -0.2) is 4.98 Å². The van der Waals surface area contributed by atoms with Crippen LogP contribution in [0, 0.1) is 0 Å². The molecule has 0 atom stereocenters. The Kier molecular flexibility index (Phi) is 5.88. The highest BCUT2D eigenvalue weighted by Crippen LogP contribution is 2.17. The Morgan fingerprint density at radius 3 is 2.62 bits per heavy atom. The van der Waals surface area contributed by atoms with E-state index in [4.69, 9.17) is 4.42 Å². The number of pyridine rings is 1. The second-order valence-corrected chi connectivity index (χ2v) is 6.31. The van der Waals surface area contributed by atoms with Crippen LogP contribution in [0.3, 0.4) is 0 Å². The monoisotopic (exact) mass is 356 g/mol. The van der Waals surface area contributed by atoms with Gasteiger partial charge in [-0.3, -0.25) is 9.59 Å². The minimum absolute atomic E-state index is 0.0199. The largest absolute Gasteiger partial charge is 0.459 e. The molecule has 0 aromatic carbocycles. The number of carbonyl (C=O) groups excluding carboxylic acids is 2. The third-order valence-electron chi connectivity index (χ3n) is 4.41. The maximum absolute atomic E-state index is 12.3. The van der Waals surface area contributed by atoms with Crippen LogP contribution in [0.5, 0.6) is 0 Å². The fraction of sp³-hybridized carbons (Fsp3) is 0.421. The zero-order valence-corrected chi connectivity index (χ0v) is 15.0. The lowest BCUT2D eigenvalue weighted by Crippen LogP contribution is -2.49. The van der Waals surface area contributed by atoms with Crippen LogP contribution >= 0.6 is 0 Å². The summed E-state index contributed by atoms with van der Waals surface area (Å²) >= 11 is 0. The summed E-state index contributed by atoms with van der Waals surface area (Å²) in [6.45, 7) is 4.72. The van der Waals surface area contributed by atoms with Gasteiger partial charge >= 0.3 is 0 Å². The third kappa shape index (κ3) is 4.41. The second-order valence-electron chi connectivity index (χ2n) is 6.31. The van der Waals surface area contributed by atoms with Crippen LogP contribution in [0.1, 0.15) is 36.7 Å². The Morgan fingerprint density at radius 1 is 1.19 bits per heavy atom. The molecule has 26 heavy (non-hydrogen) atoms. The van der Waals surface area contributed by atoms with E-state index in [0.29, 0.717) is 44.0 Å². The molecule has 1 N–H and O–H groups in total. The van der Waals surface area contributed by atoms with Crippen LogP contribution in [-0.2, 0) is 4.79 Å². The van der Waals surface area contributed by atoms with Gasteiger partial charge in [0.25, 0.3) is 5.91 Å². The van der Waals surface area contributed by atoms with Crippen molar-refractivity contribution in [1.82, 2.24) is 9.88 Å². The number of nitrogens with one attached hydrogen (secondary N) is 1. The van der Waals surface area contributed by atoms with E-state index in [-0.39, 0.29) is 11.8 Å². The van der Waals surface area contributed by atoms with Gasteiger partial charge in [0.1, 0.15) is 5.82 Å². The number of furan rings is 1. The number of hydrogen-bond donors (Lipinski definition) is 1. The molecule has 0 unspecified atom stereocenters. The van der Waals surface area contributed by atoms with Gasteiger partial charge in [0.05, 0.1) is 18.1 Å². The fourth-order valence-electron chi connectivity index (χ4n) is 2.90. The Bertz CT molecular complexity index is 720. The molecule has 138 valence electrons. The molecule has 0 saturated carbocycles. The van der Waals surface area contributed by atoms with Gasteiger partial charge in [-0.05, 0) is 30.7 Å². The van der Waals surface area contributed by atoms with E-state index >= 15 is 0 Å². The van der Waals surface area contributed by atoms with E-state index in [1.165, 1.54) is 6.26 Å². The lowest BCUT2D eigenvalue weighted by molar-refractivity contribution is -0.116. The number of amides is 2. The summed E-state index contributed by atoms with van der Waals surface area (Å²) in [6, 6.07) is 7.17. The van der Waals surface area contributed by atoms with Crippen molar-refractivity contribution in [2.75, 3.05) is 36.4 Å². The SMILES string of the molecule is CCCCC(=O)Nc1ccc(N2CCN(C(=O)c3ccco3)CC2)nc1. The molecule has 1 aliphatic heterocycles. The van der Waals surface area contributed by atoms with E-state index in [0.717, 1.165) is 18.7 Å². The first-order valence-corrected chi connectivity index (χ1v) is 9.01. The van der Waals surface area contributed by atoms with Crippen molar-refractivity contribution >= 4 is 23.3 Å². The quantitative estimate of drug-likeness (QED) is 0.861. The molecule has 0 spiro atoms. The van der Waals surface area contributed by atoms with E-state index in [2.05, 4.69) is 22.1 Å². The topological polar surface area (TPSA) is 78.7 Å². The van der Waals surface area contributed by atoms with E-state index in [1.54, 1.807) is 23.2 Å². The first-order chi connectivity index (χ1) is 12.7. The predicted octanol–water partition coefficient (Wildman–Crippen LogP) is 2.77. The van der Waals surface area contributed by atoms with Crippen molar-refractivity contribution in [3.63, 3.8) is 0 Å². The molecule has 2 amide bonds. The minimum atomic E-state index is -0.0762. The second kappa shape index (κ2) is 8.51. The van der Waals surface area contributed by atoms with Gasteiger partial charge < -0.3 is 19.5 Å². The number of aromatic nitrogens is 1. The van der Waals surface area contributed by atoms with Crippen molar-refractivity contribution in [1.29, 1.82) is 0 Å². The van der Waals surface area contributed by atoms with Crippen LogP contribution in [0.4, 0.5) is 11.5 Å². The Labute approximate surface area is 153 Å². The zero-order chi connectivity index (χ0) is 18.4. The first-order valence-electron chi connectivity index (χ1n) is 9.01. The summed E-state index contributed by atoms with van der Waals surface area (Å²) in [5.41, 5.74) is 0.710. The Balaban J connectivity index is 1.51. The molecular weight excluding hydrogens is 332 g/mol. The van der Waals surface area contributed by atoms with Crippen LogP contribution in [0.2, 0.25) is 0 Å². The molecule has 3 heterocycles. The zero-order valence-electron chi connectivity index (χ0n) is 15.0. The van der Waals surface area contributed by atoms with Crippen LogP contribution in [-0.4, -0.2) is 47.9 Å². The molecule has 1 fully saturated rings. The maximum Gasteiger partial charge on any atom is 0.289 e. The number of unbranched alkanes of at least 4 members (excludes halogenated alkanes) is 1. The van der Waals surface area contributed by atoms with Crippen molar-refractivity contribution < 1.29 is 14.0 Å². The van der Waals surface area contributed by atoms with Gasteiger partial charge in [0.15, 0.2) is 5.76 Å². The van der Waals surface area contributed by atoms with E-state index in [1.807, 2.05) is 12.1 Å². The van der Waals surface area contributed by atoms with Gasteiger partial charge in [0.2, 0.25) is 5.91 Å². The average molecular weight is 356 g/mol. The molecule has 1 aliphatic rings. The fourth-order valence-corrected chi connectivity index (χ4v) is 2.90. The number of anilines is 2. The van der Waals surface area contributed by atoms with Crippen molar-refractivity contribution in [2.24, 2.45) is 0 Å². The first kappa shape index (κ1) is 18.0. The van der Waals surface area contributed by atoms with Crippen molar-refractivity contribution in [2.45, 2.75) is 26.2 Å². The Morgan fingerprint density at radius 2 is 2.00 bits per heavy atom. The highest BCUT2D eigenvalue weighted by atomic mass is 16.3. The summed E-state index contributed by atoms with van der Waals surface area (Å²) in [6.07, 6.45) is 5.61. The standard InChI is InChI=1S/C19H24N4O3/c1-2-3-6-18(24)21-15-7-8-17(20-14-15)22-9-11-23(12-10-22)19(25)16-5-4-13-26-16/h4-5,7-8,13-14H,2-3,6,9-12H2,1H3,(H,21,24). The van der Waals surface area contributed by atoms with Crippen molar-refractivity contribution in [3.05, 3.63) is 42.5 Å². The molecule has 1 saturated heterocycles. The predicted molar refractivity (Wildman–Crippen MR) is 99.2 cm³/mol. The highest BCUT2D eigenvalue weighted by Gasteiger charge is 2.24. The summed E-state index contributed by atoms with van der Waals surface area (Å²) in [4.78, 5) is 32.4. The van der Waals surface area contributed by atoms with Gasteiger partial charge in [-0.1, -0.05) is 13.3 Å². The summed E-state index contributed by atoms with van der Waals surface area (Å²) in [5.74, 6) is 1.17. The molecule has 0 radical (unpaired) electrons. The Hall–Kier alpha value is -2.83. The molecule has 3 rings (SSSR count). The molecule has 7 heteroatoms. The van der Waals surface area contributed by atoms with Crippen LogP contribution < -0.4 is 10.2 Å².